The number of hydrogen-bond acceptors (Lipinski definition) is 1. The molecule has 1 unspecified atom stereocenters. The summed E-state index contributed by atoms with van der Waals surface area (Å²) in [7, 11) is 0. The molecule has 0 spiro atoms. The molecule has 0 aliphatic heterocycles. The quantitative estimate of drug-likeness (QED) is 0.621. The van der Waals surface area contributed by atoms with E-state index >= 15 is 0 Å². The van der Waals surface area contributed by atoms with Crippen LogP contribution in [0.1, 0.15) is 18.5 Å². The minimum absolute atomic E-state index is 0.0769. The highest BCUT2D eigenvalue weighted by Gasteiger charge is 2.10. The van der Waals surface area contributed by atoms with Crippen molar-refractivity contribution in [2.45, 2.75) is 13.0 Å². The van der Waals surface area contributed by atoms with Crippen molar-refractivity contribution in [2.75, 3.05) is 0 Å². The Morgan fingerprint density at radius 1 is 1.33 bits per heavy atom. The van der Waals surface area contributed by atoms with Gasteiger partial charge in [-0.2, -0.15) is 0 Å². The number of rotatable bonds is 1. The molecule has 1 atom stereocenters. The Hall–Kier alpha value is 0.490. The molecule has 1 aromatic rings. The summed E-state index contributed by atoms with van der Waals surface area (Å²) in [5.41, 5.74) is 6.58. The molecule has 0 fully saturated rings. The molecule has 0 heterocycles. The Labute approximate surface area is 95.4 Å². The second-order valence-electron chi connectivity index (χ2n) is 2.55. The lowest BCUT2D eigenvalue weighted by Gasteiger charge is -2.09. The fraction of sp³-hybridized carbons (Fsp3) is 0.250. The van der Waals surface area contributed by atoms with Crippen LogP contribution in [0.4, 0.5) is 0 Å². The molecule has 4 heteroatoms. The van der Waals surface area contributed by atoms with Gasteiger partial charge in [0.2, 0.25) is 0 Å². The second-order valence-corrected chi connectivity index (χ2v) is 4.47. The maximum Gasteiger partial charge on any atom is 0.0729 e. The first-order chi connectivity index (χ1) is 5.54. The topological polar surface area (TPSA) is 26.0 Å². The molecule has 0 saturated carbocycles. The molecule has 1 aromatic carbocycles. The maximum atomic E-state index is 5.98. The molecule has 0 aromatic heterocycles. The summed E-state index contributed by atoms with van der Waals surface area (Å²) >= 11 is 14.0. The van der Waals surface area contributed by atoms with Crippen LogP contribution >= 0.6 is 45.8 Å². The van der Waals surface area contributed by atoms with Gasteiger partial charge in [-0.05, 0) is 41.1 Å². The fourth-order valence-corrected chi connectivity index (χ4v) is 2.01. The van der Waals surface area contributed by atoms with Crippen molar-refractivity contribution >= 4 is 45.8 Å². The number of benzene rings is 1. The molecular formula is C8H8Cl2IN. The minimum atomic E-state index is -0.0769. The molecule has 12 heavy (non-hydrogen) atoms. The van der Waals surface area contributed by atoms with Gasteiger partial charge in [-0.1, -0.05) is 29.3 Å². The van der Waals surface area contributed by atoms with Crippen LogP contribution in [-0.4, -0.2) is 0 Å². The van der Waals surface area contributed by atoms with Crippen molar-refractivity contribution in [3.8, 4) is 0 Å². The van der Waals surface area contributed by atoms with Crippen LogP contribution in [0.25, 0.3) is 0 Å². The van der Waals surface area contributed by atoms with E-state index in [-0.39, 0.29) is 6.04 Å². The summed E-state index contributed by atoms with van der Waals surface area (Å²) in [5.74, 6) is 0. The lowest BCUT2D eigenvalue weighted by molar-refractivity contribution is 0.818. The standard InChI is InChI=1S/C8H8Cl2IN/c1-4(12)5-2-3-6(11)8(10)7(5)9/h2-4H,12H2,1H3. The van der Waals surface area contributed by atoms with Crippen molar-refractivity contribution in [3.05, 3.63) is 31.3 Å². The smallest absolute Gasteiger partial charge is 0.0729 e. The molecule has 0 aliphatic rings. The second kappa shape index (κ2) is 4.13. The highest BCUT2D eigenvalue weighted by molar-refractivity contribution is 14.1. The summed E-state index contributed by atoms with van der Waals surface area (Å²) < 4.78 is 0.948. The van der Waals surface area contributed by atoms with Gasteiger partial charge in [-0.3, -0.25) is 0 Å². The third kappa shape index (κ3) is 2.05. The van der Waals surface area contributed by atoms with E-state index in [0.717, 1.165) is 9.13 Å². The highest BCUT2D eigenvalue weighted by atomic mass is 127. The van der Waals surface area contributed by atoms with Crippen molar-refractivity contribution in [2.24, 2.45) is 5.73 Å². The lowest BCUT2D eigenvalue weighted by atomic mass is 10.1. The third-order valence-electron chi connectivity index (χ3n) is 1.56. The van der Waals surface area contributed by atoms with Gasteiger partial charge in [-0.25, -0.2) is 0 Å². The Kier molecular flexibility index (Phi) is 3.64. The van der Waals surface area contributed by atoms with Crippen LogP contribution < -0.4 is 5.73 Å². The third-order valence-corrected chi connectivity index (χ3v) is 3.67. The van der Waals surface area contributed by atoms with E-state index in [4.69, 9.17) is 28.9 Å². The summed E-state index contributed by atoms with van der Waals surface area (Å²) in [6, 6.07) is 3.74. The Morgan fingerprint density at radius 2 is 1.92 bits per heavy atom. The first-order valence-corrected chi connectivity index (χ1v) is 5.26. The molecule has 66 valence electrons. The van der Waals surface area contributed by atoms with Gasteiger partial charge in [-0.15, -0.1) is 0 Å². The highest BCUT2D eigenvalue weighted by Crippen LogP contribution is 2.32. The molecule has 1 rings (SSSR count). The fourth-order valence-electron chi connectivity index (χ4n) is 0.893. The largest absolute Gasteiger partial charge is 0.324 e. The number of halogens is 3. The zero-order valence-electron chi connectivity index (χ0n) is 6.44. The van der Waals surface area contributed by atoms with Crippen molar-refractivity contribution in [3.63, 3.8) is 0 Å². The van der Waals surface area contributed by atoms with Crippen LogP contribution in [0.15, 0.2) is 12.1 Å². The van der Waals surface area contributed by atoms with Crippen LogP contribution in [0.2, 0.25) is 10.0 Å². The van der Waals surface area contributed by atoms with Gasteiger partial charge in [0, 0.05) is 9.61 Å². The van der Waals surface area contributed by atoms with Gasteiger partial charge in [0.15, 0.2) is 0 Å². The average Bonchev–Trinajstić information content (AvgIpc) is 2.00. The van der Waals surface area contributed by atoms with Crippen LogP contribution in [0, 0.1) is 3.57 Å². The molecule has 0 amide bonds. The predicted molar refractivity (Wildman–Crippen MR) is 61.8 cm³/mol. The van der Waals surface area contributed by atoms with Crippen molar-refractivity contribution in [1.82, 2.24) is 0 Å². The number of hydrogen-bond donors (Lipinski definition) is 1. The van der Waals surface area contributed by atoms with Gasteiger partial charge < -0.3 is 5.73 Å². The van der Waals surface area contributed by atoms with E-state index in [2.05, 4.69) is 22.6 Å². The van der Waals surface area contributed by atoms with Gasteiger partial charge in [0.25, 0.3) is 0 Å². The summed E-state index contributed by atoms with van der Waals surface area (Å²) in [4.78, 5) is 0. The molecule has 0 bridgehead atoms. The molecule has 1 nitrogen and oxygen atoms in total. The van der Waals surface area contributed by atoms with Crippen LogP contribution in [0.3, 0.4) is 0 Å². The summed E-state index contributed by atoms with van der Waals surface area (Å²) in [5, 5.41) is 1.16. The zero-order valence-corrected chi connectivity index (χ0v) is 10.1. The molecule has 2 N–H and O–H groups in total. The average molecular weight is 316 g/mol. The van der Waals surface area contributed by atoms with E-state index in [0.29, 0.717) is 10.0 Å². The van der Waals surface area contributed by atoms with Gasteiger partial charge >= 0.3 is 0 Å². The monoisotopic (exact) mass is 315 g/mol. The minimum Gasteiger partial charge on any atom is -0.324 e. The van der Waals surface area contributed by atoms with E-state index in [1.54, 1.807) is 0 Å². The van der Waals surface area contributed by atoms with E-state index in [9.17, 15) is 0 Å². The Morgan fingerprint density at radius 3 is 2.42 bits per heavy atom. The Bertz CT molecular complexity index is 299. The summed E-state index contributed by atoms with van der Waals surface area (Å²) in [6.45, 7) is 1.88. The van der Waals surface area contributed by atoms with Gasteiger partial charge in [0.05, 0.1) is 10.0 Å². The Balaban J connectivity index is 3.27. The van der Waals surface area contributed by atoms with E-state index in [1.807, 2.05) is 19.1 Å². The van der Waals surface area contributed by atoms with Crippen LogP contribution in [-0.2, 0) is 0 Å². The van der Waals surface area contributed by atoms with E-state index < -0.39 is 0 Å². The van der Waals surface area contributed by atoms with Crippen molar-refractivity contribution < 1.29 is 0 Å². The predicted octanol–water partition coefficient (Wildman–Crippen LogP) is 3.62. The van der Waals surface area contributed by atoms with E-state index in [1.165, 1.54) is 0 Å². The first-order valence-electron chi connectivity index (χ1n) is 3.43. The zero-order chi connectivity index (χ0) is 9.30. The molecule has 0 aliphatic carbocycles. The van der Waals surface area contributed by atoms with Gasteiger partial charge in [0.1, 0.15) is 0 Å². The summed E-state index contributed by atoms with van der Waals surface area (Å²) in [6.07, 6.45) is 0. The van der Waals surface area contributed by atoms with Crippen molar-refractivity contribution in [1.29, 1.82) is 0 Å². The molecule has 0 saturated heterocycles. The molecular weight excluding hydrogens is 308 g/mol. The first kappa shape index (κ1) is 10.6. The van der Waals surface area contributed by atoms with Crippen LogP contribution in [0.5, 0.6) is 0 Å². The lowest BCUT2D eigenvalue weighted by Crippen LogP contribution is -2.05. The maximum absolute atomic E-state index is 5.98. The normalized spacial score (nSPS) is 13.1. The number of nitrogens with two attached hydrogens (primary N) is 1. The molecule has 0 radical (unpaired) electrons. The SMILES string of the molecule is CC(N)c1ccc(I)c(Cl)c1Cl.